The highest BCUT2D eigenvalue weighted by atomic mass is 32.1. The molecule has 60 heavy (non-hydrogen) atoms. The fourth-order valence-corrected chi connectivity index (χ4v) is 8.94. The number of fused-ring (bicyclic) bond motifs is 4. The van der Waals surface area contributed by atoms with Crippen molar-refractivity contribution in [1.29, 1.82) is 0 Å². The maximum absolute atomic E-state index is 6.51. The molecule has 0 unspecified atom stereocenters. The summed E-state index contributed by atoms with van der Waals surface area (Å²) < 4.78 is 9.15. The van der Waals surface area contributed by atoms with Gasteiger partial charge in [0.15, 0.2) is 11.7 Å². The van der Waals surface area contributed by atoms with Crippen LogP contribution < -0.4 is 10.6 Å². The molecule has 0 aliphatic carbocycles. The van der Waals surface area contributed by atoms with Gasteiger partial charge in [0, 0.05) is 36.3 Å². The molecule has 0 fully saturated rings. The Bertz CT molecular complexity index is 3280. The quantitative estimate of drug-likeness (QED) is 0.112. The Hall–Kier alpha value is -7.21. The molecule has 0 amide bonds. The summed E-state index contributed by atoms with van der Waals surface area (Å²) >= 11 is 1.86. The van der Waals surface area contributed by atoms with Gasteiger partial charge in [-0.05, 0) is 120 Å². The third-order valence-electron chi connectivity index (χ3n) is 10.9. The van der Waals surface area contributed by atoms with E-state index in [0.717, 1.165) is 43.9 Å². The molecule has 4 nitrogen and oxygen atoms in total. The molecule has 0 saturated heterocycles. The predicted octanol–water partition coefficient (Wildman–Crippen LogP) is 13.3. The third-order valence-corrected chi connectivity index (χ3v) is 12.1. The van der Waals surface area contributed by atoms with Crippen molar-refractivity contribution in [2.24, 2.45) is 15.0 Å². The molecule has 0 radical (unpaired) electrons. The minimum Gasteiger partial charge on any atom is -0.456 e. The molecule has 5 heteroatoms. The second-order valence-corrected chi connectivity index (χ2v) is 16.0. The van der Waals surface area contributed by atoms with Crippen molar-refractivity contribution >= 4 is 73.0 Å². The SMILES string of the molecule is C=NC(=NC(C=c1/c(=C\C=C/C)oc2ccc(-c3ccc(C)c(-c4ccc(-c5ccc6c(c5)sc5ccccc56)cc4C)c3)cc12)=NCc1ccccc1)c1ccccc1. The van der Waals surface area contributed by atoms with Gasteiger partial charge in [0.25, 0.3) is 0 Å². The van der Waals surface area contributed by atoms with Gasteiger partial charge >= 0.3 is 0 Å². The Kier molecular flexibility index (Phi) is 10.8. The van der Waals surface area contributed by atoms with E-state index in [-0.39, 0.29) is 0 Å². The van der Waals surface area contributed by atoms with E-state index in [1.807, 2.05) is 91.1 Å². The highest BCUT2D eigenvalue weighted by Crippen LogP contribution is 2.38. The van der Waals surface area contributed by atoms with Crippen LogP contribution in [0.1, 0.15) is 29.2 Å². The molecule has 0 N–H and O–H groups in total. The molecule has 290 valence electrons. The van der Waals surface area contributed by atoms with E-state index in [2.05, 4.69) is 135 Å². The summed E-state index contributed by atoms with van der Waals surface area (Å²) in [5.41, 5.74) is 13.0. The number of furan rings is 1. The molecule has 0 spiro atoms. The number of thiophene rings is 1. The molecule has 0 atom stereocenters. The smallest absolute Gasteiger partial charge is 0.160 e. The normalized spacial score (nSPS) is 13.1. The maximum Gasteiger partial charge on any atom is 0.160 e. The average molecular weight is 794 g/mol. The van der Waals surface area contributed by atoms with Crippen LogP contribution in [0.15, 0.2) is 189 Å². The molecule has 2 heterocycles. The molecular weight excluding hydrogens is 751 g/mol. The Balaban J connectivity index is 1.12. The number of amidine groups is 2. The van der Waals surface area contributed by atoms with Gasteiger partial charge in [0.1, 0.15) is 11.0 Å². The Morgan fingerprint density at radius 2 is 1.32 bits per heavy atom. The summed E-state index contributed by atoms with van der Waals surface area (Å²) in [6, 6.07) is 55.6. The average Bonchev–Trinajstić information content (AvgIpc) is 3.84. The Morgan fingerprint density at radius 1 is 0.633 bits per heavy atom. The molecule has 0 aliphatic heterocycles. The molecule has 2 aromatic heterocycles. The second-order valence-electron chi connectivity index (χ2n) is 14.9. The van der Waals surface area contributed by atoms with Crippen LogP contribution in [0, 0.1) is 13.8 Å². The van der Waals surface area contributed by atoms with Gasteiger partial charge in [-0.2, -0.15) is 0 Å². The van der Waals surface area contributed by atoms with Gasteiger partial charge in [-0.1, -0.05) is 140 Å². The monoisotopic (exact) mass is 793 g/mol. The van der Waals surface area contributed by atoms with Crippen molar-refractivity contribution in [1.82, 2.24) is 0 Å². The lowest BCUT2D eigenvalue weighted by molar-refractivity contribution is 0.576. The second kappa shape index (κ2) is 16.9. The van der Waals surface area contributed by atoms with Crippen LogP contribution >= 0.6 is 11.3 Å². The molecule has 0 aliphatic rings. The maximum atomic E-state index is 6.51. The minimum absolute atomic E-state index is 0.456. The molecule has 0 saturated carbocycles. The first-order valence-corrected chi connectivity index (χ1v) is 21.0. The highest BCUT2D eigenvalue weighted by molar-refractivity contribution is 7.25. The molecule has 9 aromatic rings. The Labute approximate surface area is 354 Å². The fourth-order valence-electron chi connectivity index (χ4n) is 7.80. The summed E-state index contributed by atoms with van der Waals surface area (Å²) in [4.78, 5) is 14.3. The first-order valence-electron chi connectivity index (χ1n) is 20.2. The van der Waals surface area contributed by atoms with Crippen molar-refractivity contribution in [3.8, 4) is 33.4 Å². The number of aliphatic imine (C=N–C) groups is 3. The van der Waals surface area contributed by atoms with Crippen LogP contribution in [0.4, 0.5) is 0 Å². The molecular formula is C55H43N3OS. The fraction of sp³-hybridized carbons (Fsp3) is 0.0727. The summed E-state index contributed by atoms with van der Waals surface area (Å²) in [6.07, 6.45) is 7.98. The van der Waals surface area contributed by atoms with Crippen LogP contribution in [0.2, 0.25) is 0 Å². The van der Waals surface area contributed by atoms with Gasteiger partial charge in [0.2, 0.25) is 0 Å². The number of benzene rings is 7. The number of hydrogen-bond donors (Lipinski definition) is 0. The minimum atomic E-state index is 0.456. The van der Waals surface area contributed by atoms with Crippen molar-refractivity contribution < 1.29 is 4.42 Å². The summed E-state index contributed by atoms with van der Waals surface area (Å²) in [7, 11) is 0. The van der Waals surface area contributed by atoms with Gasteiger partial charge in [-0.3, -0.25) is 4.99 Å². The highest BCUT2D eigenvalue weighted by Gasteiger charge is 2.13. The van der Waals surface area contributed by atoms with E-state index >= 15 is 0 Å². The zero-order chi connectivity index (χ0) is 41.0. The number of allylic oxidation sites excluding steroid dienone is 2. The van der Waals surface area contributed by atoms with E-state index < -0.39 is 0 Å². The number of hydrogen-bond acceptors (Lipinski definition) is 3. The van der Waals surface area contributed by atoms with Gasteiger partial charge < -0.3 is 4.42 Å². The number of aryl methyl sites for hydroxylation is 2. The zero-order valence-corrected chi connectivity index (χ0v) is 34.7. The lowest BCUT2D eigenvalue weighted by Crippen LogP contribution is -2.21. The standard InChI is InChI=1S/C55H43N3OS/c1-5-6-20-50-49(34-54(57-35-38-15-9-7-10-16-38)58-55(56-4)39-17-11-8-12-18-39)48-32-42(26-29-51(48)59-50)41-23-22-36(2)47(31-41)44-27-24-40(30-37(44)3)43-25-28-46-45-19-13-14-21-52(45)60-53(46)33-43/h5-34H,4,35H2,1-3H3/b6-5-,49-34?,50-20+,57-54?,58-55?. The lowest BCUT2D eigenvalue weighted by Gasteiger charge is -2.14. The topological polar surface area (TPSA) is 50.2 Å². The van der Waals surface area contributed by atoms with Crippen LogP contribution in [0.25, 0.3) is 76.7 Å². The first-order chi connectivity index (χ1) is 29.4. The van der Waals surface area contributed by atoms with Gasteiger partial charge in [-0.25, -0.2) is 9.98 Å². The van der Waals surface area contributed by atoms with Gasteiger partial charge in [0.05, 0.1) is 6.54 Å². The van der Waals surface area contributed by atoms with Crippen molar-refractivity contribution in [2.75, 3.05) is 0 Å². The van der Waals surface area contributed by atoms with Crippen LogP contribution in [0.5, 0.6) is 0 Å². The van der Waals surface area contributed by atoms with Crippen LogP contribution in [-0.2, 0) is 6.54 Å². The van der Waals surface area contributed by atoms with Crippen molar-refractivity contribution in [3.63, 3.8) is 0 Å². The van der Waals surface area contributed by atoms with E-state index in [1.54, 1.807) is 0 Å². The molecule has 9 rings (SSSR count). The van der Waals surface area contributed by atoms with Crippen molar-refractivity contribution in [3.05, 3.63) is 203 Å². The first kappa shape index (κ1) is 38.3. The molecule has 7 aromatic carbocycles. The number of rotatable bonds is 8. The zero-order valence-electron chi connectivity index (χ0n) is 33.9. The summed E-state index contributed by atoms with van der Waals surface area (Å²) in [5, 5.41) is 4.50. The van der Waals surface area contributed by atoms with Crippen molar-refractivity contribution in [2.45, 2.75) is 27.3 Å². The lowest BCUT2D eigenvalue weighted by atomic mass is 9.91. The number of nitrogens with zero attached hydrogens (tertiary/aromatic N) is 3. The van der Waals surface area contributed by atoms with Gasteiger partial charge in [-0.15, -0.1) is 11.3 Å². The largest absolute Gasteiger partial charge is 0.456 e. The van der Waals surface area contributed by atoms with Crippen LogP contribution in [-0.4, -0.2) is 18.4 Å². The third kappa shape index (κ3) is 7.83. The Morgan fingerprint density at radius 3 is 2.12 bits per heavy atom. The van der Waals surface area contributed by atoms with E-state index in [9.17, 15) is 0 Å². The predicted molar refractivity (Wildman–Crippen MR) is 258 cm³/mol. The summed E-state index contributed by atoms with van der Waals surface area (Å²) in [5.74, 6) is 1.02. The van der Waals surface area contributed by atoms with E-state index in [1.165, 1.54) is 53.6 Å². The van der Waals surface area contributed by atoms with Crippen LogP contribution in [0.3, 0.4) is 0 Å². The van der Waals surface area contributed by atoms with E-state index in [0.29, 0.717) is 18.2 Å². The van der Waals surface area contributed by atoms with E-state index in [4.69, 9.17) is 14.4 Å². The molecule has 0 bridgehead atoms. The summed E-state index contributed by atoms with van der Waals surface area (Å²) in [6.45, 7) is 10.7.